The molecule has 180 valence electrons. The van der Waals surface area contributed by atoms with Crippen molar-refractivity contribution in [2.75, 3.05) is 19.8 Å². The van der Waals surface area contributed by atoms with E-state index in [0.29, 0.717) is 37.7 Å². The highest BCUT2D eigenvalue weighted by atomic mass is 16.6. The average molecular weight is 449 g/mol. The van der Waals surface area contributed by atoms with E-state index in [1.165, 1.54) is 5.57 Å². The second kappa shape index (κ2) is 8.73. The van der Waals surface area contributed by atoms with Crippen LogP contribution in [-0.4, -0.2) is 58.3 Å². The molecule has 32 heavy (non-hydrogen) atoms. The molecule has 0 radical (unpaired) electrons. The van der Waals surface area contributed by atoms with Gasteiger partial charge in [0, 0.05) is 5.41 Å². The molecule has 0 aromatic heterocycles. The smallest absolute Gasteiger partial charge is 0.115 e. The predicted molar refractivity (Wildman–Crippen MR) is 123 cm³/mol. The van der Waals surface area contributed by atoms with Gasteiger partial charge in [0.05, 0.1) is 18.4 Å². The van der Waals surface area contributed by atoms with Crippen molar-refractivity contribution >= 4 is 11.4 Å². The van der Waals surface area contributed by atoms with Crippen LogP contribution < -0.4 is 0 Å². The molecule has 3 N–H and O–H groups in total. The van der Waals surface area contributed by atoms with Crippen LogP contribution in [0, 0.1) is 28.6 Å². The molecule has 0 spiro atoms. The minimum atomic E-state index is -1.26. The van der Waals surface area contributed by atoms with Crippen molar-refractivity contribution in [1.82, 2.24) is 0 Å². The van der Waals surface area contributed by atoms with Gasteiger partial charge in [-0.15, -0.1) is 0 Å². The molecule has 0 amide bonds. The Labute approximate surface area is 191 Å². The molecule has 4 rings (SSSR count). The van der Waals surface area contributed by atoms with Gasteiger partial charge in [0.2, 0.25) is 0 Å². The van der Waals surface area contributed by atoms with E-state index in [-0.39, 0.29) is 23.9 Å². The monoisotopic (exact) mass is 448 g/mol. The second-order valence-corrected chi connectivity index (χ2v) is 10.6. The lowest BCUT2D eigenvalue weighted by molar-refractivity contribution is -0.152. The van der Waals surface area contributed by atoms with E-state index in [9.17, 15) is 15.3 Å². The normalized spacial score (nSPS) is 45.0. The molecule has 0 bridgehead atoms. The summed E-state index contributed by atoms with van der Waals surface area (Å²) in [6.45, 7) is 8.79. The molecule has 7 atom stereocenters. The number of rotatable bonds is 6. The van der Waals surface area contributed by atoms with Gasteiger partial charge in [0.1, 0.15) is 24.5 Å². The number of aliphatic hydroxyl groups excluding tert-OH is 2. The lowest BCUT2D eigenvalue weighted by Gasteiger charge is -2.60. The zero-order valence-corrected chi connectivity index (χ0v) is 20.0. The fourth-order valence-corrected chi connectivity index (χ4v) is 7.77. The van der Waals surface area contributed by atoms with Gasteiger partial charge in [-0.3, -0.25) is 0 Å². The van der Waals surface area contributed by atoms with Gasteiger partial charge in [-0.25, -0.2) is 0 Å². The fourth-order valence-electron chi connectivity index (χ4n) is 7.77. The second-order valence-electron chi connectivity index (χ2n) is 10.6. The third-order valence-electron chi connectivity index (χ3n) is 9.31. The van der Waals surface area contributed by atoms with E-state index < -0.39 is 17.1 Å². The Morgan fingerprint density at radius 2 is 1.88 bits per heavy atom. The molecule has 7 nitrogen and oxygen atoms in total. The lowest BCUT2D eigenvalue weighted by Crippen LogP contribution is -2.62. The summed E-state index contributed by atoms with van der Waals surface area (Å²) in [6.07, 6.45) is 7.42. The van der Waals surface area contributed by atoms with Crippen molar-refractivity contribution in [1.29, 1.82) is 0 Å². The summed E-state index contributed by atoms with van der Waals surface area (Å²) in [5, 5.41) is 41.8. The summed E-state index contributed by atoms with van der Waals surface area (Å²) in [4.78, 5) is 10.5. The summed E-state index contributed by atoms with van der Waals surface area (Å²) in [5.74, 6) is 0.770. The van der Waals surface area contributed by atoms with Crippen molar-refractivity contribution in [3.63, 3.8) is 0 Å². The summed E-state index contributed by atoms with van der Waals surface area (Å²) in [5.41, 5.74) is 0.826. The molecule has 0 aromatic carbocycles. The largest absolute Gasteiger partial charge is 0.396 e. The fraction of sp³-hybridized carbons (Fsp3) is 0.840. The van der Waals surface area contributed by atoms with Crippen LogP contribution in [0.25, 0.3) is 0 Å². The van der Waals surface area contributed by atoms with E-state index in [1.807, 2.05) is 13.8 Å². The number of allylic oxidation sites excluding steroid dienone is 2. The number of aliphatic hydroxyl groups is 3. The Hall–Kier alpha value is -1.44. The zero-order chi connectivity index (χ0) is 23.1. The Bertz CT molecular complexity index is 810. The highest BCUT2D eigenvalue weighted by molar-refractivity contribution is 5.96. The zero-order valence-electron chi connectivity index (χ0n) is 20.0. The number of fused-ring (bicyclic) bond motifs is 5. The molecule has 7 unspecified atom stereocenters. The molecule has 0 saturated heterocycles. The first-order chi connectivity index (χ1) is 15.2. The van der Waals surface area contributed by atoms with Crippen LogP contribution in [0.3, 0.4) is 0 Å². The van der Waals surface area contributed by atoms with Gasteiger partial charge in [-0.2, -0.15) is 0 Å². The first kappa shape index (κ1) is 23.7. The van der Waals surface area contributed by atoms with Crippen LogP contribution in [0.15, 0.2) is 22.0 Å². The van der Waals surface area contributed by atoms with E-state index in [1.54, 1.807) is 0 Å². The van der Waals surface area contributed by atoms with Crippen molar-refractivity contribution in [2.24, 2.45) is 38.9 Å². The number of hydrogen-bond donors (Lipinski definition) is 3. The first-order valence-electron chi connectivity index (χ1n) is 12.4. The molecular formula is C25H40N2O5. The maximum Gasteiger partial charge on any atom is 0.115 e. The molecule has 0 aromatic rings. The average Bonchev–Trinajstić information content (AvgIpc) is 3.03. The predicted octanol–water partition coefficient (Wildman–Crippen LogP) is 3.43. The molecule has 4 aliphatic carbocycles. The summed E-state index contributed by atoms with van der Waals surface area (Å²) < 4.78 is 0. The molecule has 7 heteroatoms. The Morgan fingerprint density at radius 3 is 2.56 bits per heavy atom. The number of nitrogens with zero attached hydrogens (tertiary/aromatic N) is 2. The van der Waals surface area contributed by atoms with Gasteiger partial charge in [0.15, 0.2) is 0 Å². The van der Waals surface area contributed by atoms with Crippen LogP contribution in [0.5, 0.6) is 0 Å². The summed E-state index contributed by atoms with van der Waals surface area (Å²) in [7, 11) is 0. The van der Waals surface area contributed by atoms with Gasteiger partial charge in [-0.1, -0.05) is 29.7 Å². The standard InChI is InChI=1S/C25H40N2O5/c1-5-31-26-17-9-11-23(3)16(13-17)7-8-18-19-10-12-25(30,21(15-28)27-32-6-2)24(19,4)14-20(29)22(18)23/h13,18-20,22,28-30H,5-12,14-15H2,1-4H3/b26-17+,27-21-. The molecule has 3 fully saturated rings. The summed E-state index contributed by atoms with van der Waals surface area (Å²) in [6, 6.07) is 0. The topological polar surface area (TPSA) is 104 Å². The highest BCUT2D eigenvalue weighted by Gasteiger charge is 2.67. The Kier molecular flexibility index (Phi) is 6.47. The van der Waals surface area contributed by atoms with Crippen LogP contribution in [0.4, 0.5) is 0 Å². The van der Waals surface area contributed by atoms with Crippen LogP contribution in [-0.2, 0) is 9.68 Å². The lowest BCUT2D eigenvalue weighted by atomic mass is 9.45. The van der Waals surface area contributed by atoms with Gasteiger partial charge < -0.3 is 25.0 Å². The van der Waals surface area contributed by atoms with E-state index >= 15 is 0 Å². The van der Waals surface area contributed by atoms with Gasteiger partial charge >= 0.3 is 0 Å². The first-order valence-corrected chi connectivity index (χ1v) is 12.4. The van der Waals surface area contributed by atoms with Crippen molar-refractivity contribution in [2.45, 2.75) is 84.3 Å². The molecule has 4 aliphatic rings. The molecular weight excluding hydrogens is 408 g/mol. The minimum absolute atomic E-state index is 0.0607. The quantitative estimate of drug-likeness (QED) is 0.427. The third kappa shape index (κ3) is 3.43. The summed E-state index contributed by atoms with van der Waals surface area (Å²) >= 11 is 0. The SMILES string of the molecule is CCO/N=C(/CO)C1(O)CCC2C3CCC4=C/C(=N/OCC)CCC4(C)C3C(O)CC21C. The molecule has 3 saturated carbocycles. The van der Waals surface area contributed by atoms with E-state index in [4.69, 9.17) is 9.68 Å². The van der Waals surface area contributed by atoms with Crippen LogP contribution in [0.1, 0.15) is 72.6 Å². The number of oxime groups is 2. The van der Waals surface area contributed by atoms with Gasteiger partial charge in [-0.05, 0) is 88.0 Å². The minimum Gasteiger partial charge on any atom is -0.396 e. The third-order valence-corrected chi connectivity index (χ3v) is 9.31. The van der Waals surface area contributed by atoms with Gasteiger partial charge in [0.25, 0.3) is 0 Å². The van der Waals surface area contributed by atoms with E-state index in [2.05, 4.69) is 30.2 Å². The molecule has 0 aliphatic heterocycles. The highest BCUT2D eigenvalue weighted by Crippen LogP contribution is 2.67. The van der Waals surface area contributed by atoms with Crippen molar-refractivity contribution < 1.29 is 25.0 Å². The molecule has 0 heterocycles. The van der Waals surface area contributed by atoms with Crippen LogP contribution >= 0.6 is 0 Å². The van der Waals surface area contributed by atoms with Crippen molar-refractivity contribution in [3.8, 4) is 0 Å². The van der Waals surface area contributed by atoms with Crippen LogP contribution in [0.2, 0.25) is 0 Å². The Morgan fingerprint density at radius 1 is 1.12 bits per heavy atom. The maximum absolute atomic E-state index is 11.8. The number of hydrogen-bond acceptors (Lipinski definition) is 7. The van der Waals surface area contributed by atoms with Crippen molar-refractivity contribution in [3.05, 3.63) is 11.6 Å². The maximum atomic E-state index is 11.8. The Balaban J connectivity index is 1.66. The van der Waals surface area contributed by atoms with E-state index in [0.717, 1.165) is 37.8 Å².